The molecule has 4 rings (SSSR count). The van der Waals surface area contributed by atoms with Gasteiger partial charge in [-0.15, -0.1) is 0 Å². The van der Waals surface area contributed by atoms with Gasteiger partial charge in [-0.25, -0.2) is 4.98 Å². The lowest BCUT2D eigenvalue weighted by molar-refractivity contribution is -0.126. The summed E-state index contributed by atoms with van der Waals surface area (Å²) >= 11 is 0. The number of nitrogens with two attached hydrogens (primary N) is 2. The van der Waals surface area contributed by atoms with Gasteiger partial charge in [-0.1, -0.05) is 0 Å². The standard InChI is InChI=1S/C21H25F2N3O4.C2H4O2.CH5N/c1-12(24)18-17(20(27)26-8-2-3-9-26)25-19(30-18)14-6-7-15(29-21(22)23)16(10-14)28-11-13-4-5-13;1-4-2-3;1-2/h6-7,10,12-13,21H,2-5,8-9,11,24H2,1H3;2H,1H3;2H2,1H3. The van der Waals surface area contributed by atoms with Crippen molar-refractivity contribution >= 4 is 12.4 Å². The molecule has 0 radical (unpaired) electrons. The SMILES string of the molecule is CC(N)c1oc(-c2ccc(OC(F)F)c(OCC3CC3)c2)nc1C(=O)N1CCCC1.CN.COC=O. The molecule has 1 aliphatic carbocycles. The molecule has 0 bridgehead atoms. The minimum Gasteiger partial charge on any atom is -0.489 e. The summed E-state index contributed by atoms with van der Waals surface area (Å²) in [5, 5.41) is 0. The maximum absolute atomic E-state index is 12.9. The Morgan fingerprint density at radius 1 is 1.25 bits per heavy atom. The van der Waals surface area contributed by atoms with Gasteiger partial charge < -0.3 is 35.0 Å². The van der Waals surface area contributed by atoms with Gasteiger partial charge in [0.25, 0.3) is 12.4 Å². The van der Waals surface area contributed by atoms with Crippen molar-refractivity contribution < 1.29 is 37.0 Å². The Morgan fingerprint density at radius 3 is 2.42 bits per heavy atom. The van der Waals surface area contributed by atoms with Crippen LogP contribution in [0.2, 0.25) is 0 Å². The predicted molar refractivity (Wildman–Crippen MR) is 128 cm³/mol. The lowest BCUT2D eigenvalue weighted by Gasteiger charge is -2.14. The Hall–Kier alpha value is -3.25. The van der Waals surface area contributed by atoms with E-state index in [0.29, 0.717) is 43.4 Å². The third kappa shape index (κ3) is 8.16. The fraction of sp³-hybridized carbons (Fsp3) is 0.542. The lowest BCUT2D eigenvalue weighted by Crippen LogP contribution is -2.29. The van der Waals surface area contributed by atoms with Crippen molar-refractivity contribution in [3.05, 3.63) is 29.7 Å². The summed E-state index contributed by atoms with van der Waals surface area (Å²) < 4.78 is 45.5. The van der Waals surface area contributed by atoms with E-state index in [1.807, 2.05) is 0 Å². The lowest BCUT2D eigenvalue weighted by atomic mass is 10.2. The van der Waals surface area contributed by atoms with Crippen LogP contribution in [0.4, 0.5) is 8.78 Å². The van der Waals surface area contributed by atoms with E-state index >= 15 is 0 Å². The van der Waals surface area contributed by atoms with Gasteiger partial charge in [0.05, 0.1) is 19.8 Å². The average molecular weight is 513 g/mol. The number of hydrogen-bond acceptors (Lipinski definition) is 9. The zero-order chi connectivity index (χ0) is 26.7. The first-order valence-corrected chi connectivity index (χ1v) is 11.7. The quantitative estimate of drug-likeness (QED) is 0.483. The fourth-order valence-electron chi connectivity index (χ4n) is 3.43. The van der Waals surface area contributed by atoms with Crippen LogP contribution >= 0.6 is 0 Å². The van der Waals surface area contributed by atoms with Crippen LogP contribution < -0.4 is 20.9 Å². The first-order chi connectivity index (χ1) is 17.3. The second-order valence-corrected chi connectivity index (χ2v) is 8.15. The van der Waals surface area contributed by atoms with E-state index in [9.17, 15) is 13.6 Å². The Balaban J connectivity index is 0.000000694. The van der Waals surface area contributed by atoms with Crippen LogP contribution in [0, 0.1) is 5.92 Å². The highest BCUT2D eigenvalue weighted by Gasteiger charge is 2.29. The molecule has 4 N–H and O–H groups in total. The number of methoxy groups -OCH3 is 1. The highest BCUT2D eigenvalue weighted by atomic mass is 19.3. The second-order valence-electron chi connectivity index (χ2n) is 8.15. The van der Waals surface area contributed by atoms with Crippen molar-refractivity contribution in [2.45, 2.75) is 45.3 Å². The molecule has 2 heterocycles. The average Bonchev–Trinajstić information content (AvgIpc) is 3.34. The van der Waals surface area contributed by atoms with Crippen molar-refractivity contribution in [3.63, 3.8) is 0 Å². The van der Waals surface area contributed by atoms with Gasteiger partial charge in [-0.2, -0.15) is 8.78 Å². The molecule has 2 fully saturated rings. The van der Waals surface area contributed by atoms with Gasteiger partial charge in [0.15, 0.2) is 23.0 Å². The number of carbonyl (C=O) groups is 2. The van der Waals surface area contributed by atoms with E-state index < -0.39 is 12.7 Å². The first kappa shape index (κ1) is 29.0. The van der Waals surface area contributed by atoms with Crippen LogP contribution in [0.15, 0.2) is 22.6 Å². The Morgan fingerprint density at radius 2 is 1.89 bits per heavy atom. The number of ether oxygens (including phenoxy) is 3. The summed E-state index contributed by atoms with van der Waals surface area (Å²) in [5.41, 5.74) is 11.2. The highest BCUT2D eigenvalue weighted by Crippen LogP contribution is 2.37. The minimum absolute atomic E-state index is 0.0539. The largest absolute Gasteiger partial charge is 0.489 e. The van der Waals surface area contributed by atoms with Crippen LogP contribution in [0.5, 0.6) is 11.5 Å². The number of aromatic nitrogens is 1. The molecule has 1 aromatic heterocycles. The summed E-state index contributed by atoms with van der Waals surface area (Å²) in [4.78, 5) is 28.0. The molecular weight excluding hydrogens is 478 g/mol. The van der Waals surface area contributed by atoms with Crippen LogP contribution in [0.1, 0.15) is 54.9 Å². The zero-order valence-corrected chi connectivity index (χ0v) is 20.7. The normalized spacial score (nSPS) is 15.3. The molecule has 2 aliphatic rings. The van der Waals surface area contributed by atoms with E-state index in [1.54, 1.807) is 24.0 Å². The van der Waals surface area contributed by atoms with Gasteiger partial charge >= 0.3 is 6.61 Å². The van der Waals surface area contributed by atoms with Crippen LogP contribution in [0.25, 0.3) is 11.5 Å². The maximum atomic E-state index is 12.9. The highest BCUT2D eigenvalue weighted by molar-refractivity contribution is 5.94. The number of benzene rings is 1. The summed E-state index contributed by atoms with van der Waals surface area (Å²) in [5.74, 6) is 0.844. The van der Waals surface area contributed by atoms with Gasteiger partial charge in [0.2, 0.25) is 5.89 Å². The summed E-state index contributed by atoms with van der Waals surface area (Å²) in [6.45, 7) is 0.916. The Kier molecular flexibility index (Phi) is 11.5. The molecule has 1 saturated heterocycles. The molecule has 1 amide bonds. The molecule has 1 aromatic carbocycles. The Labute approximate surface area is 208 Å². The van der Waals surface area contributed by atoms with Gasteiger partial charge in [-0.3, -0.25) is 9.59 Å². The predicted octanol–water partition coefficient (Wildman–Crippen LogP) is 3.35. The van der Waals surface area contributed by atoms with E-state index in [4.69, 9.17) is 19.7 Å². The molecule has 36 heavy (non-hydrogen) atoms. The number of alkyl halides is 2. The van der Waals surface area contributed by atoms with Gasteiger partial charge in [0, 0.05) is 18.7 Å². The molecule has 0 spiro atoms. The molecule has 2 aromatic rings. The monoisotopic (exact) mass is 512 g/mol. The topological polar surface area (TPSA) is 143 Å². The molecule has 1 saturated carbocycles. The maximum Gasteiger partial charge on any atom is 0.387 e. The summed E-state index contributed by atoms with van der Waals surface area (Å²) in [6, 6.07) is 3.95. The van der Waals surface area contributed by atoms with Crippen molar-refractivity contribution in [1.29, 1.82) is 0 Å². The van der Waals surface area contributed by atoms with Crippen LogP contribution in [0.3, 0.4) is 0 Å². The van der Waals surface area contributed by atoms with E-state index in [-0.39, 0.29) is 29.0 Å². The number of likely N-dealkylation sites (tertiary alicyclic amines) is 1. The van der Waals surface area contributed by atoms with E-state index in [0.717, 1.165) is 25.7 Å². The van der Waals surface area contributed by atoms with Gasteiger partial charge in [-0.05, 0) is 63.8 Å². The van der Waals surface area contributed by atoms with Crippen LogP contribution in [-0.4, -0.2) is 62.7 Å². The molecule has 10 nitrogen and oxygen atoms in total. The summed E-state index contributed by atoms with van der Waals surface area (Å²) in [7, 11) is 2.81. The molecule has 1 atom stereocenters. The Bertz CT molecular complexity index is 976. The number of nitrogens with zero attached hydrogens (tertiary/aromatic N) is 2. The van der Waals surface area contributed by atoms with E-state index in [1.165, 1.54) is 20.2 Å². The number of oxazole rings is 1. The molecule has 200 valence electrons. The fourth-order valence-corrected chi connectivity index (χ4v) is 3.43. The number of rotatable bonds is 9. The second kappa shape index (κ2) is 14.3. The van der Waals surface area contributed by atoms with Gasteiger partial charge in [0.1, 0.15) is 0 Å². The van der Waals surface area contributed by atoms with E-state index in [2.05, 4.69) is 20.2 Å². The molecular formula is C24H34F2N4O6. The molecule has 1 aliphatic heterocycles. The summed E-state index contributed by atoms with van der Waals surface area (Å²) in [6.07, 6.45) is 4.03. The number of hydrogen-bond donors (Lipinski definition) is 2. The third-order valence-corrected chi connectivity index (χ3v) is 5.34. The molecule has 12 heteroatoms. The first-order valence-electron chi connectivity index (χ1n) is 11.7. The number of amides is 1. The molecule has 1 unspecified atom stereocenters. The number of halogens is 2. The van der Waals surface area contributed by atoms with Crippen molar-refractivity contribution in [1.82, 2.24) is 9.88 Å². The smallest absolute Gasteiger partial charge is 0.387 e. The van der Waals surface area contributed by atoms with Crippen molar-refractivity contribution in [3.8, 4) is 23.0 Å². The minimum atomic E-state index is -2.96. The van der Waals surface area contributed by atoms with Crippen molar-refractivity contribution in [2.75, 3.05) is 33.9 Å². The number of carbonyl (C=O) groups excluding carboxylic acids is 2. The van der Waals surface area contributed by atoms with Crippen molar-refractivity contribution in [2.24, 2.45) is 17.4 Å². The zero-order valence-electron chi connectivity index (χ0n) is 20.7. The third-order valence-electron chi connectivity index (χ3n) is 5.34. The van der Waals surface area contributed by atoms with Crippen LogP contribution in [-0.2, 0) is 9.53 Å².